The maximum atomic E-state index is 8.78. The SMILES string of the molecule is N#Cc1ccc(NCC2CCN(CCOc3ccccc3)C2)nc1. The molecule has 0 saturated carbocycles. The van der Waals surface area contributed by atoms with Crippen molar-refractivity contribution in [3.63, 3.8) is 0 Å². The summed E-state index contributed by atoms with van der Waals surface area (Å²) in [6, 6.07) is 15.7. The molecule has 1 N–H and O–H groups in total. The lowest BCUT2D eigenvalue weighted by atomic mass is 10.1. The van der Waals surface area contributed by atoms with Crippen molar-refractivity contribution in [1.82, 2.24) is 9.88 Å². The Balaban J connectivity index is 1.35. The standard InChI is InChI=1S/C19H22N4O/c20-12-16-6-7-19(21-13-16)22-14-17-8-9-23(15-17)10-11-24-18-4-2-1-3-5-18/h1-7,13,17H,8-11,14-15H2,(H,21,22). The largest absolute Gasteiger partial charge is 0.492 e. The van der Waals surface area contributed by atoms with Gasteiger partial charge in [0.2, 0.25) is 0 Å². The fraction of sp³-hybridized carbons (Fsp3) is 0.368. The molecule has 2 aromatic rings. The number of nitrogens with one attached hydrogen (secondary N) is 1. The highest BCUT2D eigenvalue weighted by Crippen LogP contribution is 2.17. The number of benzene rings is 1. The van der Waals surface area contributed by atoms with Gasteiger partial charge in [0.25, 0.3) is 0 Å². The smallest absolute Gasteiger partial charge is 0.125 e. The number of rotatable bonds is 7. The first-order valence-electron chi connectivity index (χ1n) is 8.34. The van der Waals surface area contributed by atoms with E-state index in [-0.39, 0.29) is 0 Å². The summed E-state index contributed by atoms with van der Waals surface area (Å²) in [6.45, 7) is 4.80. The van der Waals surface area contributed by atoms with Crippen LogP contribution < -0.4 is 10.1 Å². The van der Waals surface area contributed by atoms with Gasteiger partial charge in [-0.15, -0.1) is 0 Å². The van der Waals surface area contributed by atoms with Gasteiger partial charge in [0.1, 0.15) is 24.2 Å². The summed E-state index contributed by atoms with van der Waals surface area (Å²) in [5, 5.41) is 12.1. The third kappa shape index (κ3) is 4.71. The van der Waals surface area contributed by atoms with Gasteiger partial charge in [-0.2, -0.15) is 5.26 Å². The maximum absolute atomic E-state index is 8.78. The van der Waals surface area contributed by atoms with Crippen LogP contribution in [-0.4, -0.2) is 42.7 Å². The van der Waals surface area contributed by atoms with Gasteiger partial charge in [0.05, 0.1) is 5.56 Å². The first-order valence-corrected chi connectivity index (χ1v) is 8.34. The van der Waals surface area contributed by atoms with Gasteiger partial charge in [0.15, 0.2) is 0 Å². The molecule has 0 radical (unpaired) electrons. The van der Waals surface area contributed by atoms with Crippen LogP contribution in [0, 0.1) is 17.2 Å². The first kappa shape index (κ1) is 16.3. The van der Waals surface area contributed by atoms with Gasteiger partial charge in [-0.25, -0.2) is 4.98 Å². The zero-order valence-electron chi connectivity index (χ0n) is 13.7. The van der Waals surface area contributed by atoms with E-state index in [0.29, 0.717) is 11.5 Å². The maximum Gasteiger partial charge on any atom is 0.125 e. The summed E-state index contributed by atoms with van der Waals surface area (Å²) in [4.78, 5) is 6.69. The quantitative estimate of drug-likeness (QED) is 0.849. The summed E-state index contributed by atoms with van der Waals surface area (Å²) in [5.41, 5.74) is 0.589. The zero-order valence-corrected chi connectivity index (χ0v) is 13.7. The van der Waals surface area contributed by atoms with Crippen molar-refractivity contribution >= 4 is 5.82 Å². The van der Waals surface area contributed by atoms with Gasteiger partial charge in [-0.05, 0) is 43.1 Å². The molecule has 1 aliphatic rings. The van der Waals surface area contributed by atoms with E-state index in [1.165, 1.54) is 6.42 Å². The number of aromatic nitrogens is 1. The minimum Gasteiger partial charge on any atom is -0.492 e. The second-order valence-corrected chi connectivity index (χ2v) is 6.04. The molecule has 24 heavy (non-hydrogen) atoms. The number of pyridine rings is 1. The average Bonchev–Trinajstić information content (AvgIpc) is 3.09. The Hall–Kier alpha value is -2.58. The van der Waals surface area contributed by atoms with E-state index in [2.05, 4.69) is 21.3 Å². The summed E-state index contributed by atoms with van der Waals surface area (Å²) >= 11 is 0. The number of hydrogen-bond acceptors (Lipinski definition) is 5. The Morgan fingerprint density at radius 1 is 1.25 bits per heavy atom. The van der Waals surface area contributed by atoms with Crippen LogP contribution in [0.5, 0.6) is 5.75 Å². The third-order valence-corrected chi connectivity index (χ3v) is 4.25. The van der Waals surface area contributed by atoms with Crippen LogP contribution in [0.2, 0.25) is 0 Å². The molecule has 2 heterocycles. The van der Waals surface area contributed by atoms with Gasteiger partial charge in [-0.3, -0.25) is 4.90 Å². The van der Waals surface area contributed by atoms with Gasteiger partial charge >= 0.3 is 0 Å². The lowest BCUT2D eigenvalue weighted by molar-refractivity contribution is 0.233. The van der Waals surface area contributed by atoms with Crippen molar-refractivity contribution < 1.29 is 4.74 Å². The molecule has 0 aliphatic carbocycles. The van der Waals surface area contributed by atoms with Crippen molar-refractivity contribution in [1.29, 1.82) is 5.26 Å². The number of hydrogen-bond donors (Lipinski definition) is 1. The van der Waals surface area contributed by atoms with Crippen molar-refractivity contribution in [2.45, 2.75) is 6.42 Å². The molecule has 1 fully saturated rings. The molecular weight excluding hydrogens is 300 g/mol. The molecular formula is C19H22N4O. The number of ether oxygens (including phenoxy) is 1. The van der Waals surface area contributed by atoms with Crippen molar-refractivity contribution in [2.75, 3.05) is 38.1 Å². The van der Waals surface area contributed by atoms with E-state index in [0.717, 1.165) is 44.4 Å². The predicted octanol–water partition coefficient (Wildman–Crippen LogP) is 2.77. The van der Waals surface area contributed by atoms with Crippen LogP contribution >= 0.6 is 0 Å². The Morgan fingerprint density at radius 3 is 2.88 bits per heavy atom. The van der Waals surface area contributed by atoms with Gasteiger partial charge < -0.3 is 10.1 Å². The molecule has 0 amide bonds. The summed E-state index contributed by atoms with van der Waals surface area (Å²) in [5.74, 6) is 2.39. The summed E-state index contributed by atoms with van der Waals surface area (Å²) in [6.07, 6.45) is 2.79. The Labute approximate surface area is 142 Å². The Kier molecular flexibility index (Phi) is 5.65. The highest BCUT2D eigenvalue weighted by molar-refractivity contribution is 5.38. The second kappa shape index (κ2) is 8.32. The molecule has 5 heteroatoms. The molecule has 124 valence electrons. The van der Waals surface area contributed by atoms with Crippen molar-refractivity contribution in [3.05, 3.63) is 54.2 Å². The number of likely N-dealkylation sites (tertiary alicyclic amines) is 1. The second-order valence-electron chi connectivity index (χ2n) is 6.04. The minimum atomic E-state index is 0.589. The van der Waals surface area contributed by atoms with Crippen LogP contribution in [0.25, 0.3) is 0 Å². The number of nitriles is 1. The molecule has 0 spiro atoms. The number of para-hydroxylation sites is 1. The molecule has 1 unspecified atom stereocenters. The molecule has 1 aliphatic heterocycles. The summed E-state index contributed by atoms with van der Waals surface area (Å²) in [7, 11) is 0. The first-order chi connectivity index (χ1) is 11.8. The lowest BCUT2D eigenvalue weighted by Crippen LogP contribution is -2.27. The molecule has 3 rings (SSSR count). The monoisotopic (exact) mass is 322 g/mol. The molecule has 5 nitrogen and oxygen atoms in total. The Bertz CT molecular complexity index is 666. The fourth-order valence-electron chi connectivity index (χ4n) is 2.91. The molecule has 0 bridgehead atoms. The van der Waals surface area contributed by atoms with Crippen molar-refractivity contribution in [3.8, 4) is 11.8 Å². The lowest BCUT2D eigenvalue weighted by Gasteiger charge is -2.17. The van der Waals surface area contributed by atoms with Crippen molar-refractivity contribution in [2.24, 2.45) is 5.92 Å². The number of anilines is 1. The van der Waals surface area contributed by atoms with E-state index in [1.807, 2.05) is 36.4 Å². The Morgan fingerprint density at radius 2 is 2.12 bits per heavy atom. The van der Waals surface area contributed by atoms with E-state index < -0.39 is 0 Å². The van der Waals surface area contributed by atoms with E-state index >= 15 is 0 Å². The van der Waals surface area contributed by atoms with Gasteiger partial charge in [-0.1, -0.05) is 18.2 Å². The predicted molar refractivity (Wildman–Crippen MR) is 93.9 cm³/mol. The normalized spacial score (nSPS) is 17.4. The van der Waals surface area contributed by atoms with Crippen LogP contribution in [-0.2, 0) is 0 Å². The van der Waals surface area contributed by atoms with Crippen LogP contribution in [0.1, 0.15) is 12.0 Å². The molecule has 1 aromatic heterocycles. The zero-order chi connectivity index (χ0) is 16.6. The molecule has 1 atom stereocenters. The highest BCUT2D eigenvalue weighted by Gasteiger charge is 2.22. The molecule has 1 saturated heterocycles. The minimum absolute atomic E-state index is 0.589. The van der Waals surface area contributed by atoms with E-state index in [9.17, 15) is 0 Å². The molecule has 1 aromatic carbocycles. The van der Waals surface area contributed by atoms with E-state index in [1.54, 1.807) is 12.3 Å². The topological polar surface area (TPSA) is 61.2 Å². The summed E-state index contributed by atoms with van der Waals surface area (Å²) < 4.78 is 5.76. The van der Waals surface area contributed by atoms with Crippen LogP contribution in [0.15, 0.2) is 48.7 Å². The van der Waals surface area contributed by atoms with E-state index in [4.69, 9.17) is 10.00 Å². The average molecular weight is 322 g/mol. The van der Waals surface area contributed by atoms with Crippen LogP contribution in [0.4, 0.5) is 5.82 Å². The number of nitrogens with zero attached hydrogens (tertiary/aromatic N) is 3. The highest BCUT2D eigenvalue weighted by atomic mass is 16.5. The fourth-order valence-corrected chi connectivity index (χ4v) is 2.91. The third-order valence-electron chi connectivity index (χ3n) is 4.25. The van der Waals surface area contributed by atoms with Crippen LogP contribution in [0.3, 0.4) is 0 Å². The van der Waals surface area contributed by atoms with Gasteiger partial charge in [0, 0.05) is 25.8 Å².